The van der Waals surface area contributed by atoms with Crippen LogP contribution < -0.4 is 10.6 Å². The van der Waals surface area contributed by atoms with Gasteiger partial charge in [-0.15, -0.1) is 0 Å². The van der Waals surface area contributed by atoms with E-state index in [-0.39, 0.29) is 0 Å². The maximum Gasteiger partial charge on any atom is 0.150 e. The molecule has 1 aliphatic heterocycles. The van der Waals surface area contributed by atoms with Gasteiger partial charge in [0.05, 0.1) is 11.4 Å². The lowest BCUT2D eigenvalue weighted by atomic mass is 9.93. The maximum atomic E-state index is 5.61. The highest BCUT2D eigenvalue weighted by molar-refractivity contribution is 5.43. The standard InChI is InChI=1S/C13H22N4/c1-10-9-15-11(2)13(16-10)17-7-4-12(3-6-14)5-8-17/h9,12H,3-8,14H2,1-2H3. The van der Waals surface area contributed by atoms with Crippen molar-refractivity contribution in [2.24, 2.45) is 11.7 Å². The van der Waals surface area contributed by atoms with Crippen molar-refractivity contribution in [3.05, 3.63) is 17.6 Å². The summed E-state index contributed by atoms with van der Waals surface area (Å²) in [5, 5.41) is 0. The van der Waals surface area contributed by atoms with Gasteiger partial charge in [-0.3, -0.25) is 4.98 Å². The molecule has 1 fully saturated rings. The van der Waals surface area contributed by atoms with Crippen LogP contribution in [0.25, 0.3) is 0 Å². The van der Waals surface area contributed by atoms with Gasteiger partial charge in [0.25, 0.3) is 0 Å². The Morgan fingerprint density at radius 1 is 1.35 bits per heavy atom. The van der Waals surface area contributed by atoms with Gasteiger partial charge in [-0.05, 0) is 45.6 Å². The first kappa shape index (κ1) is 12.3. The first-order valence-electron chi connectivity index (χ1n) is 6.46. The van der Waals surface area contributed by atoms with E-state index in [1.165, 1.54) is 12.8 Å². The summed E-state index contributed by atoms with van der Waals surface area (Å²) < 4.78 is 0. The van der Waals surface area contributed by atoms with Crippen LogP contribution in [0.4, 0.5) is 5.82 Å². The zero-order chi connectivity index (χ0) is 12.3. The van der Waals surface area contributed by atoms with Crippen molar-refractivity contribution in [3.63, 3.8) is 0 Å². The fourth-order valence-corrected chi connectivity index (χ4v) is 2.49. The van der Waals surface area contributed by atoms with E-state index < -0.39 is 0 Å². The summed E-state index contributed by atoms with van der Waals surface area (Å²) in [6.45, 7) is 7.02. The molecule has 0 amide bonds. The van der Waals surface area contributed by atoms with Crippen LogP contribution in [0.5, 0.6) is 0 Å². The molecule has 2 N–H and O–H groups in total. The number of aromatic nitrogens is 2. The minimum absolute atomic E-state index is 0.800. The van der Waals surface area contributed by atoms with Crippen molar-refractivity contribution in [1.29, 1.82) is 0 Å². The fraction of sp³-hybridized carbons (Fsp3) is 0.692. The minimum Gasteiger partial charge on any atom is -0.355 e. The van der Waals surface area contributed by atoms with E-state index in [9.17, 15) is 0 Å². The summed E-state index contributed by atoms with van der Waals surface area (Å²) in [6.07, 6.45) is 5.45. The normalized spacial score (nSPS) is 17.5. The maximum absolute atomic E-state index is 5.61. The Labute approximate surface area is 103 Å². The Morgan fingerprint density at radius 3 is 2.71 bits per heavy atom. The molecular formula is C13H22N4. The third-order valence-electron chi connectivity index (χ3n) is 3.54. The van der Waals surface area contributed by atoms with Crippen LogP contribution in [0.3, 0.4) is 0 Å². The van der Waals surface area contributed by atoms with Crippen LogP contribution in [0.15, 0.2) is 6.20 Å². The van der Waals surface area contributed by atoms with E-state index in [4.69, 9.17) is 5.73 Å². The number of nitrogens with two attached hydrogens (primary N) is 1. The smallest absolute Gasteiger partial charge is 0.150 e. The molecule has 0 radical (unpaired) electrons. The lowest BCUT2D eigenvalue weighted by Gasteiger charge is -2.33. The second-order valence-corrected chi connectivity index (χ2v) is 4.93. The third kappa shape index (κ3) is 2.94. The van der Waals surface area contributed by atoms with Crippen LogP contribution in [-0.4, -0.2) is 29.6 Å². The highest BCUT2D eigenvalue weighted by Crippen LogP contribution is 2.25. The van der Waals surface area contributed by atoms with Crippen molar-refractivity contribution < 1.29 is 0 Å². The number of hydrogen-bond acceptors (Lipinski definition) is 4. The largest absolute Gasteiger partial charge is 0.355 e. The number of rotatable bonds is 3. The molecule has 94 valence electrons. The average Bonchev–Trinajstić information content (AvgIpc) is 2.34. The van der Waals surface area contributed by atoms with Crippen LogP contribution in [0.1, 0.15) is 30.7 Å². The Morgan fingerprint density at radius 2 is 2.06 bits per heavy atom. The summed E-state index contributed by atoms with van der Waals surface area (Å²) >= 11 is 0. The summed E-state index contributed by atoms with van der Waals surface area (Å²) in [5.74, 6) is 1.87. The molecular weight excluding hydrogens is 212 g/mol. The fourth-order valence-electron chi connectivity index (χ4n) is 2.49. The molecule has 0 bridgehead atoms. The van der Waals surface area contributed by atoms with Gasteiger partial charge in [0.1, 0.15) is 5.82 Å². The number of piperidine rings is 1. The second-order valence-electron chi connectivity index (χ2n) is 4.93. The topological polar surface area (TPSA) is 55.0 Å². The third-order valence-corrected chi connectivity index (χ3v) is 3.54. The molecule has 2 heterocycles. The predicted octanol–water partition coefficient (Wildman–Crippen LogP) is 1.66. The zero-order valence-electron chi connectivity index (χ0n) is 10.8. The summed E-state index contributed by atoms with van der Waals surface area (Å²) in [7, 11) is 0. The van der Waals surface area contributed by atoms with Crippen LogP contribution in [0.2, 0.25) is 0 Å². The van der Waals surface area contributed by atoms with Gasteiger partial charge in [0.15, 0.2) is 0 Å². The molecule has 1 aliphatic rings. The van der Waals surface area contributed by atoms with E-state index in [2.05, 4.69) is 14.9 Å². The van der Waals surface area contributed by atoms with E-state index in [1.54, 1.807) is 0 Å². The zero-order valence-corrected chi connectivity index (χ0v) is 10.8. The number of aryl methyl sites for hydroxylation is 2. The van der Waals surface area contributed by atoms with Crippen molar-refractivity contribution in [3.8, 4) is 0 Å². The molecule has 1 saturated heterocycles. The van der Waals surface area contributed by atoms with Gasteiger partial charge in [0, 0.05) is 19.3 Å². The highest BCUT2D eigenvalue weighted by Gasteiger charge is 2.21. The Bertz CT molecular complexity index is 370. The van der Waals surface area contributed by atoms with Crippen LogP contribution in [-0.2, 0) is 0 Å². The molecule has 1 aromatic heterocycles. The molecule has 4 heteroatoms. The van der Waals surface area contributed by atoms with Gasteiger partial charge in [-0.1, -0.05) is 0 Å². The SMILES string of the molecule is Cc1cnc(C)c(N2CCC(CCN)CC2)n1. The van der Waals surface area contributed by atoms with Gasteiger partial charge < -0.3 is 10.6 Å². The Balaban J connectivity index is 2.02. The van der Waals surface area contributed by atoms with Gasteiger partial charge in [0.2, 0.25) is 0 Å². The van der Waals surface area contributed by atoms with Crippen molar-refractivity contribution >= 4 is 5.82 Å². The summed E-state index contributed by atoms with van der Waals surface area (Å²) in [5.41, 5.74) is 7.64. The lowest BCUT2D eigenvalue weighted by Crippen LogP contribution is -2.35. The minimum atomic E-state index is 0.800. The van der Waals surface area contributed by atoms with E-state index in [0.717, 1.165) is 49.2 Å². The molecule has 0 spiro atoms. The van der Waals surface area contributed by atoms with Crippen molar-refractivity contribution in [1.82, 2.24) is 9.97 Å². The van der Waals surface area contributed by atoms with Gasteiger partial charge in [-0.25, -0.2) is 4.98 Å². The van der Waals surface area contributed by atoms with Crippen LogP contribution in [0, 0.1) is 19.8 Å². The molecule has 17 heavy (non-hydrogen) atoms. The molecule has 2 rings (SSSR count). The number of nitrogens with zero attached hydrogens (tertiary/aromatic N) is 3. The van der Waals surface area contributed by atoms with Gasteiger partial charge >= 0.3 is 0 Å². The second kappa shape index (κ2) is 5.45. The van der Waals surface area contributed by atoms with E-state index >= 15 is 0 Å². The lowest BCUT2D eigenvalue weighted by molar-refractivity contribution is 0.384. The van der Waals surface area contributed by atoms with E-state index in [1.807, 2.05) is 20.0 Å². The molecule has 0 aliphatic carbocycles. The summed E-state index contributed by atoms with van der Waals surface area (Å²) in [6, 6.07) is 0. The molecule has 0 aromatic carbocycles. The number of hydrogen-bond donors (Lipinski definition) is 1. The molecule has 1 aromatic rings. The molecule has 0 saturated carbocycles. The first-order chi connectivity index (χ1) is 8.20. The first-order valence-corrected chi connectivity index (χ1v) is 6.46. The Hall–Kier alpha value is -1.16. The molecule has 0 atom stereocenters. The number of anilines is 1. The average molecular weight is 234 g/mol. The van der Waals surface area contributed by atoms with Crippen molar-refractivity contribution in [2.45, 2.75) is 33.1 Å². The van der Waals surface area contributed by atoms with Gasteiger partial charge in [-0.2, -0.15) is 0 Å². The Kier molecular flexibility index (Phi) is 3.94. The molecule has 4 nitrogen and oxygen atoms in total. The van der Waals surface area contributed by atoms with Crippen molar-refractivity contribution in [2.75, 3.05) is 24.5 Å². The van der Waals surface area contributed by atoms with E-state index in [0.29, 0.717) is 0 Å². The quantitative estimate of drug-likeness (QED) is 0.864. The predicted molar refractivity (Wildman–Crippen MR) is 70.1 cm³/mol. The highest BCUT2D eigenvalue weighted by atomic mass is 15.2. The van der Waals surface area contributed by atoms with Crippen LogP contribution >= 0.6 is 0 Å². The monoisotopic (exact) mass is 234 g/mol. The molecule has 0 unspecified atom stereocenters. The summed E-state index contributed by atoms with van der Waals surface area (Å²) in [4.78, 5) is 11.4.